The third kappa shape index (κ3) is 3.80. The summed E-state index contributed by atoms with van der Waals surface area (Å²) >= 11 is 0.932. The highest BCUT2D eigenvalue weighted by Gasteiger charge is 2.39. The Bertz CT molecular complexity index is 924. The minimum atomic E-state index is -4.99. The van der Waals surface area contributed by atoms with E-state index < -0.39 is 12.1 Å². The molecule has 27 heavy (non-hydrogen) atoms. The van der Waals surface area contributed by atoms with E-state index in [-0.39, 0.29) is 17.6 Å². The first-order chi connectivity index (χ1) is 12.7. The zero-order chi connectivity index (χ0) is 19.8. The summed E-state index contributed by atoms with van der Waals surface area (Å²) in [6, 6.07) is 5.03. The molecule has 1 N–H and O–H groups in total. The van der Waals surface area contributed by atoms with Crippen molar-refractivity contribution in [3.63, 3.8) is 0 Å². The molecule has 0 atom stereocenters. The molecule has 1 aliphatic rings. The fourth-order valence-corrected chi connectivity index (χ4v) is 3.40. The van der Waals surface area contributed by atoms with Crippen molar-refractivity contribution in [3.8, 4) is 17.0 Å². The van der Waals surface area contributed by atoms with Crippen LogP contribution in [0.3, 0.4) is 0 Å². The van der Waals surface area contributed by atoms with Gasteiger partial charge in [-0.05, 0) is 25.1 Å². The molecule has 3 rings (SSSR count). The predicted octanol–water partition coefficient (Wildman–Crippen LogP) is 3.53. The third-order valence-electron chi connectivity index (χ3n) is 3.76. The Morgan fingerprint density at radius 1 is 1.48 bits per heavy atom. The van der Waals surface area contributed by atoms with Crippen LogP contribution in [0, 0.1) is 6.92 Å². The first kappa shape index (κ1) is 18.9. The van der Waals surface area contributed by atoms with Crippen LogP contribution in [0.5, 0.6) is 5.75 Å². The molecule has 142 valence electrons. The van der Waals surface area contributed by atoms with Gasteiger partial charge >= 0.3 is 12.1 Å². The van der Waals surface area contributed by atoms with Crippen LogP contribution in [0.1, 0.15) is 4.88 Å². The van der Waals surface area contributed by atoms with Crippen LogP contribution in [-0.4, -0.2) is 36.1 Å². The number of carbonyl (C=O) groups excluding carboxylic acids is 2. The highest BCUT2D eigenvalue weighted by molar-refractivity contribution is 7.16. The molecule has 0 spiro atoms. The number of ether oxygens (including phenoxy) is 1. The van der Waals surface area contributed by atoms with Gasteiger partial charge in [-0.1, -0.05) is 6.08 Å². The van der Waals surface area contributed by atoms with E-state index in [2.05, 4.69) is 11.6 Å². The summed E-state index contributed by atoms with van der Waals surface area (Å²) in [5.41, 5.74) is 1.52. The second-order valence-corrected chi connectivity index (χ2v) is 6.84. The lowest BCUT2D eigenvalue weighted by atomic mass is 10.1. The minimum Gasteiger partial charge on any atom is -0.482 e. The number of anilines is 2. The van der Waals surface area contributed by atoms with Gasteiger partial charge in [-0.2, -0.15) is 13.2 Å². The third-order valence-corrected chi connectivity index (χ3v) is 4.65. The number of nitrogens with one attached hydrogen (secondary N) is 1. The number of thiazole rings is 1. The van der Waals surface area contributed by atoms with Crippen molar-refractivity contribution in [2.24, 2.45) is 0 Å². The number of aryl methyl sites for hydroxylation is 1. The number of aromatic nitrogens is 1. The van der Waals surface area contributed by atoms with Gasteiger partial charge in [0.15, 0.2) is 11.7 Å². The maximum absolute atomic E-state index is 12.4. The zero-order valence-corrected chi connectivity index (χ0v) is 14.9. The fraction of sp³-hybridized carbons (Fsp3) is 0.235. The maximum atomic E-state index is 12.4. The van der Waals surface area contributed by atoms with Crippen molar-refractivity contribution in [1.82, 2.24) is 4.98 Å². The second-order valence-electron chi connectivity index (χ2n) is 5.64. The van der Waals surface area contributed by atoms with Crippen LogP contribution in [0.4, 0.5) is 24.0 Å². The van der Waals surface area contributed by atoms with Crippen LogP contribution in [0.2, 0.25) is 0 Å². The van der Waals surface area contributed by atoms with Gasteiger partial charge in [-0.25, -0.2) is 4.98 Å². The summed E-state index contributed by atoms with van der Waals surface area (Å²) in [7, 11) is 0. The Balaban J connectivity index is 1.95. The summed E-state index contributed by atoms with van der Waals surface area (Å²) in [5.74, 6) is -1.80. The highest BCUT2D eigenvalue weighted by atomic mass is 32.1. The number of fused-ring (bicyclic) bond motifs is 1. The molecule has 1 aromatic heterocycles. The molecule has 0 unspecified atom stereocenters. The van der Waals surface area contributed by atoms with Gasteiger partial charge in [0, 0.05) is 17.0 Å². The lowest BCUT2D eigenvalue weighted by Gasteiger charge is -2.28. The van der Waals surface area contributed by atoms with Crippen molar-refractivity contribution in [2.45, 2.75) is 13.1 Å². The van der Waals surface area contributed by atoms with E-state index in [4.69, 9.17) is 4.74 Å². The monoisotopic (exact) mass is 397 g/mol. The van der Waals surface area contributed by atoms with Crippen LogP contribution in [0.15, 0.2) is 30.9 Å². The largest absolute Gasteiger partial charge is 0.482 e. The van der Waals surface area contributed by atoms with Gasteiger partial charge in [0.2, 0.25) is 0 Å². The van der Waals surface area contributed by atoms with Gasteiger partial charge in [-0.15, -0.1) is 17.9 Å². The molecule has 2 heterocycles. The normalized spacial score (nSPS) is 13.8. The molecule has 1 aromatic carbocycles. The number of hydrogen-bond acceptors (Lipinski definition) is 5. The lowest BCUT2D eigenvalue weighted by Crippen LogP contribution is -2.38. The van der Waals surface area contributed by atoms with E-state index in [0.717, 1.165) is 11.3 Å². The molecular formula is C17H14F3N3O3S. The van der Waals surface area contributed by atoms with Gasteiger partial charge < -0.3 is 9.64 Å². The van der Waals surface area contributed by atoms with Crippen molar-refractivity contribution < 1.29 is 27.5 Å². The van der Waals surface area contributed by atoms with Crippen LogP contribution in [-0.2, 0) is 9.59 Å². The average Bonchev–Trinajstić information content (AvgIpc) is 2.96. The van der Waals surface area contributed by atoms with E-state index in [9.17, 15) is 22.8 Å². The molecule has 0 saturated carbocycles. The summed E-state index contributed by atoms with van der Waals surface area (Å²) < 4.78 is 42.6. The number of nitrogens with zero attached hydrogens (tertiary/aromatic N) is 2. The van der Waals surface area contributed by atoms with Gasteiger partial charge in [0.1, 0.15) is 5.75 Å². The van der Waals surface area contributed by atoms with Gasteiger partial charge in [0.25, 0.3) is 5.91 Å². The Labute approximate surface area is 156 Å². The summed E-state index contributed by atoms with van der Waals surface area (Å²) in [6.07, 6.45) is -3.41. The predicted molar refractivity (Wildman–Crippen MR) is 95.0 cm³/mol. The standard InChI is InChI=1S/C17H14F3N3O3S/c1-3-6-23-11-7-10(4-5-12(11)26-8-13(23)24)14-9(2)27-16(21-14)22-15(25)17(18,19)20/h3-5,7H,1,6,8H2,2H3,(H,21,22,25). The molecule has 1 aliphatic heterocycles. The van der Waals surface area contributed by atoms with Crippen molar-refractivity contribution in [2.75, 3.05) is 23.4 Å². The number of rotatable bonds is 4. The molecule has 0 aliphatic carbocycles. The summed E-state index contributed by atoms with van der Waals surface area (Å²) in [6.45, 7) is 5.52. The van der Waals surface area contributed by atoms with Crippen LogP contribution >= 0.6 is 11.3 Å². The first-order valence-corrected chi connectivity index (χ1v) is 8.56. The number of benzene rings is 1. The van der Waals surface area contributed by atoms with E-state index in [0.29, 0.717) is 34.1 Å². The van der Waals surface area contributed by atoms with Gasteiger partial charge in [0.05, 0.1) is 11.4 Å². The smallest absolute Gasteiger partial charge is 0.471 e. The van der Waals surface area contributed by atoms with Crippen LogP contribution in [0.25, 0.3) is 11.3 Å². The average molecular weight is 397 g/mol. The van der Waals surface area contributed by atoms with E-state index in [1.165, 1.54) is 4.90 Å². The highest BCUT2D eigenvalue weighted by Crippen LogP contribution is 2.38. The molecule has 0 bridgehead atoms. The SMILES string of the molecule is C=CCN1C(=O)COc2ccc(-c3nc(NC(=O)C(F)(F)F)sc3C)cc21. The van der Waals surface area contributed by atoms with E-state index >= 15 is 0 Å². The summed E-state index contributed by atoms with van der Waals surface area (Å²) in [5, 5.41) is 1.60. The minimum absolute atomic E-state index is 0.0798. The summed E-state index contributed by atoms with van der Waals surface area (Å²) in [4.78, 5) is 29.4. The fourth-order valence-electron chi connectivity index (χ4n) is 2.56. The Morgan fingerprint density at radius 2 is 2.22 bits per heavy atom. The van der Waals surface area contributed by atoms with Gasteiger partial charge in [-0.3, -0.25) is 14.9 Å². The number of carbonyl (C=O) groups is 2. The molecule has 0 fully saturated rings. The first-order valence-electron chi connectivity index (χ1n) is 7.74. The molecule has 6 nitrogen and oxygen atoms in total. The van der Waals surface area contributed by atoms with Crippen LogP contribution < -0.4 is 15.0 Å². The number of amides is 2. The number of halogens is 3. The number of alkyl halides is 3. The molecule has 0 radical (unpaired) electrons. The quantitative estimate of drug-likeness (QED) is 0.802. The molecular weight excluding hydrogens is 383 g/mol. The maximum Gasteiger partial charge on any atom is 0.471 e. The topological polar surface area (TPSA) is 71.5 Å². The van der Waals surface area contributed by atoms with Crippen molar-refractivity contribution in [1.29, 1.82) is 0 Å². The van der Waals surface area contributed by atoms with Crippen molar-refractivity contribution in [3.05, 3.63) is 35.7 Å². The zero-order valence-electron chi connectivity index (χ0n) is 14.1. The lowest BCUT2D eigenvalue weighted by molar-refractivity contribution is -0.167. The Morgan fingerprint density at radius 3 is 2.89 bits per heavy atom. The Hall–Kier alpha value is -2.88. The Kier molecular flexibility index (Phi) is 4.92. The molecule has 2 aromatic rings. The van der Waals surface area contributed by atoms with Crippen molar-refractivity contribution >= 4 is 34.0 Å². The van der Waals surface area contributed by atoms with E-state index in [1.807, 2.05) is 0 Å². The molecule has 0 saturated heterocycles. The molecule has 10 heteroatoms. The number of hydrogen-bond donors (Lipinski definition) is 1. The molecule has 2 amide bonds. The van der Waals surface area contributed by atoms with E-state index in [1.54, 1.807) is 36.5 Å². The second kappa shape index (κ2) is 7.03.